The fraction of sp³-hybridized carbons (Fsp3) is 0.192. The molecule has 4 rings (SSSR count). The molecule has 0 amide bonds. The van der Waals surface area contributed by atoms with Crippen LogP contribution in [0.15, 0.2) is 75.0 Å². The summed E-state index contributed by atoms with van der Waals surface area (Å²) in [5, 5.41) is 5.45. The molecule has 3 aromatic carbocycles. The highest BCUT2D eigenvalue weighted by atomic mass is 79.9. The number of ether oxygens (including phenoxy) is 2. The van der Waals surface area contributed by atoms with Crippen LogP contribution in [0.2, 0.25) is 5.02 Å². The number of fused-ring (bicyclic) bond motifs is 1. The summed E-state index contributed by atoms with van der Waals surface area (Å²) < 4.78 is 13.7. The van der Waals surface area contributed by atoms with E-state index in [0.717, 1.165) is 10.0 Å². The molecule has 174 valence electrons. The number of hydrogen-bond acceptors (Lipinski definition) is 5. The predicted octanol–water partition coefficient (Wildman–Crippen LogP) is 6.41. The monoisotopic (exact) mass is 539 g/mol. The molecule has 0 saturated carbocycles. The molecule has 0 bridgehead atoms. The van der Waals surface area contributed by atoms with Gasteiger partial charge in [-0.2, -0.15) is 9.78 Å². The van der Waals surface area contributed by atoms with Crippen LogP contribution in [0.5, 0.6) is 11.5 Å². The van der Waals surface area contributed by atoms with Crippen LogP contribution >= 0.6 is 27.5 Å². The third-order valence-electron chi connectivity index (χ3n) is 5.16. The number of methoxy groups -OCH3 is 1. The lowest BCUT2D eigenvalue weighted by molar-refractivity contribution is 0.284. The maximum atomic E-state index is 13.3. The van der Waals surface area contributed by atoms with E-state index in [1.807, 2.05) is 56.3 Å². The number of rotatable bonds is 7. The summed E-state index contributed by atoms with van der Waals surface area (Å²) in [5.74, 6) is 1.48. The standard InChI is InChI=1S/C26H23BrClN3O3/c1-16(2)25-30-22-10-9-19(27)12-21(22)26(32)31(25)29-14-18-11-20(28)13-23(33-3)24(18)34-15-17-7-5-4-6-8-17/h4-14,16H,15H2,1-3H3. The molecule has 0 spiro atoms. The van der Waals surface area contributed by atoms with E-state index in [1.54, 1.807) is 31.5 Å². The van der Waals surface area contributed by atoms with Gasteiger partial charge in [-0.1, -0.05) is 71.7 Å². The fourth-order valence-corrected chi connectivity index (χ4v) is 4.07. The molecular weight excluding hydrogens is 518 g/mol. The van der Waals surface area contributed by atoms with E-state index in [0.29, 0.717) is 45.4 Å². The van der Waals surface area contributed by atoms with E-state index in [-0.39, 0.29) is 11.5 Å². The second kappa shape index (κ2) is 10.4. The van der Waals surface area contributed by atoms with E-state index in [9.17, 15) is 4.79 Å². The van der Waals surface area contributed by atoms with Crippen molar-refractivity contribution in [2.45, 2.75) is 26.4 Å². The first-order chi connectivity index (χ1) is 16.4. The Hall–Kier alpha value is -3.16. The summed E-state index contributed by atoms with van der Waals surface area (Å²) in [4.78, 5) is 18.0. The topological polar surface area (TPSA) is 65.7 Å². The zero-order valence-electron chi connectivity index (χ0n) is 19.0. The van der Waals surface area contributed by atoms with Gasteiger partial charge in [-0.25, -0.2) is 4.98 Å². The summed E-state index contributed by atoms with van der Waals surface area (Å²) in [6.07, 6.45) is 1.55. The Kier molecular flexibility index (Phi) is 7.34. The molecule has 0 unspecified atom stereocenters. The Labute approximate surface area is 210 Å². The molecule has 34 heavy (non-hydrogen) atoms. The van der Waals surface area contributed by atoms with E-state index >= 15 is 0 Å². The van der Waals surface area contributed by atoms with Gasteiger partial charge >= 0.3 is 0 Å². The van der Waals surface area contributed by atoms with E-state index in [4.69, 9.17) is 21.1 Å². The molecule has 0 aliphatic heterocycles. The minimum Gasteiger partial charge on any atom is -0.493 e. The van der Waals surface area contributed by atoms with Crippen molar-refractivity contribution in [2.75, 3.05) is 7.11 Å². The fourth-order valence-electron chi connectivity index (χ4n) is 3.49. The van der Waals surface area contributed by atoms with Crippen LogP contribution in [0.3, 0.4) is 0 Å². The van der Waals surface area contributed by atoms with E-state index in [1.165, 1.54) is 4.68 Å². The second-order valence-electron chi connectivity index (χ2n) is 7.95. The molecule has 0 fully saturated rings. The SMILES string of the molecule is COc1cc(Cl)cc(C=Nn2c(C(C)C)nc3ccc(Br)cc3c2=O)c1OCc1ccccc1. The van der Waals surface area contributed by atoms with Gasteiger partial charge in [0.15, 0.2) is 11.5 Å². The zero-order valence-corrected chi connectivity index (χ0v) is 21.3. The molecule has 0 atom stereocenters. The number of halogens is 2. The van der Waals surface area contributed by atoms with Crippen molar-refractivity contribution in [3.05, 3.63) is 97.5 Å². The van der Waals surface area contributed by atoms with Crippen LogP contribution in [-0.4, -0.2) is 23.0 Å². The third-order valence-corrected chi connectivity index (χ3v) is 5.87. The molecule has 1 aromatic heterocycles. The molecule has 0 aliphatic carbocycles. The first-order valence-corrected chi connectivity index (χ1v) is 11.8. The highest BCUT2D eigenvalue weighted by Gasteiger charge is 2.16. The Morgan fingerprint density at radius 1 is 1.15 bits per heavy atom. The first kappa shape index (κ1) is 24.0. The largest absolute Gasteiger partial charge is 0.493 e. The van der Waals surface area contributed by atoms with Crippen molar-refractivity contribution in [3.8, 4) is 11.5 Å². The Morgan fingerprint density at radius 2 is 1.91 bits per heavy atom. The number of aromatic nitrogens is 2. The predicted molar refractivity (Wildman–Crippen MR) is 140 cm³/mol. The summed E-state index contributed by atoms with van der Waals surface area (Å²) in [6.45, 7) is 4.27. The van der Waals surface area contributed by atoms with Gasteiger partial charge in [0, 0.05) is 27.0 Å². The van der Waals surface area contributed by atoms with Gasteiger partial charge in [-0.05, 0) is 29.8 Å². The van der Waals surface area contributed by atoms with Crippen LogP contribution in [0.25, 0.3) is 10.9 Å². The maximum absolute atomic E-state index is 13.3. The minimum atomic E-state index is -0.257. The first-order valence-electron chi connectivity index (χ1n) is 10.7. The van der Waals surface area contributed by atoms with Gasteiger partial charge in [0.25, 0.3) is 5.56 Å². The third kappa shape index (κ3) is 5.16. The van der Waals surface area contributed by atoms with Crippen LogP contribution in [0.1, 0.15) is 36.7 Å². The lowest BCUT2D eigenvalue weighted by atomic mass is 10.2. The molecule has 1 heterocycles. The van der Waals surface area contributed by atoms with E-state index in [2.05, 4.69) is 26.0 Å². The molecular formula is C26H23BrClN3O3. The lowest BCUT2D eigenvalue weighted by Gasteiger charge is -2.15. The molecule has 0 saturated heterocycles. The highest BCUT2D eigenvalue weighted by Crippen LogP contribution is 2.34. The molecule has 4 aromatic rings. The van der Waals surface area contributed by atoms with E-state index < -0.39 is 0 Å². The Balaban J connectivity index is 1.80. The van der Waals surface area contributed by atoms with Crippen molar-refractivity contribution in [1.82, 2.24) is 9.66 Å². The van der Waals surface area contributed by atoms with Crippen LogP contribution in [0, 0.1) is 0 Å². The highest BCUT2D eigenvalue weighted by molar-refractivity contribution is 9.10. The van der Waals surface area contributed by atoms with Crippen molar-refractivity contribution in [1.29, 1.82) is 0 Å². The summed E-state index contributed by atoms with van der Waals surface area (Å²) in [7, 11) is 1.55. The minimum absolute atomic E-state index is 0.0272. The molecule has 0 aliphatic rings. The Bertz CT molecular complexity index is 1420. The average Bonchev–Trinajstić information content (AvgIpc) is 2.83. The van der Waals surface area contributed by atoms with Gasteiger partial charge in [0.1, 0.15) is 12.4 Å². The summed E-state index contributed by atoms with van der Waals surface area (Å²) in [5.41, 5.74) is 1.95. The van der Waals surface area contributed by atoms with Crippen LogP contribution < -0.4 is 15.0 Å². The number of nitrogens with zero attached hydrogens (tertiary/aromatic N) is 3. The summed E-state index contributed by atoms with van der Waals surface area (Å²) >= 11 is 9.75. The lowest BCUT2D eigenvalue weighted by Crippen LogP contribution is -2.23. The second-order valence-corrected chi connectivity index (χ2v) is 9.30. The molecule has 0 radical (unpaired) electrons. The summed E-state index contributed by atoms with van der Waals surface area (Å²) in [6, 6.07) is 18.6. The van der Waals surface area contributed by atoms with Crippen LogP contribution in [-0.2, 0) is 6.61 Å². The van der Waals surface area contributed by atoms with Crippen molar-refractivity contribution < 1.29 is 9.47 Å². The smallest absolute Gasteiger partial charge is 0.282 e. The molecule has 0 N–H and O–H groups in total. The maximum Gasteiger partial charge on any atom is 0.282 e. The van der Waals surface area contributed by atoms with Gasteiger partial charge < -0.3 is 9.47 Å². The van der Waals surface area contributed by atoms with Gasteiger partial charge in [-0.3, -0.25) is 4.79 Å². The number of hydrogen-bond donors (Lipinski definition) is 0. The molecule has 8 heteroatoms. The van der Waals surface area contributed by atoms with Crippen molar-refractivity contribution in [2.24, 2.45) is 5.10 Å². The number of benzene rings is 3. The average molecular weight is 541 g/mol. The van der Waals surface area contributed by atoms with Gasteiger partial charge in [0.05, 0.1) is 24.2 Å². The quantitative estimate of drug-likeness (QED) is 0.254. The van der Waals surface area contributed by atoms with Crippen molar-refractivity contribution >= 4 is 44.6 Å². The Morgan fingerprint density at radius 3 is 2.62 bits per heavy atom. The van der Waals surface area contributed by atoms with Crippen molar-refractivity contribution in [3.63, 3.8) is 0 Å². The molecule has 6 nitrogen and oxygen atoms in total. The normalized spacial score (nSPS) is 11.5. The van der Waals surface area contributed by atoms with Crippen LogP contribution in [0.4, 0.5) is 0 Å². The van der Waals surface area contributed by atoms with Gasteiger partial charge in [-0.15, -0.1) is 0 Å². The van der Waals surface area contributed by atoms with Gasteiger partial charge in [0.2, 0.25) is 0 Å². The zero-order chi connectivity index (χ0) is 24.2.